The number of carbonyl (C=O) groups is 1. The van der Waals surface area contributed by atoms with Crippen LogP contribution in [-0.2, 0) is 11.3 Å². The molecule has 1 aromatic heterocycles. The van der Waals surface area contributed by atoms with Gasteiger partial charge < -0.3 is 14.2 Å². The van der Waals surface area contributed by atoms with Gasteiger partial charge in [-0.25, -0.2) is 4.98 Å². The van der Waals surface area contributed by atoms with Crippen molar-refractivity contribution in [2.45, 2.75) is 33.2 Å². The van der Waals surface area contributed by atoms with Gasteiger partial charge in [0.05, 0.1) is 24.8 Å². The predicted molar refractivity (Wildman–Crippen MR) is 129 cm³/mol. The quantitative estimate of drug-likeness (QED) is 0.493. The van der Waals surface area contributed by atoms with Gasteiger partial charge >= 0.3 is 0 Å². The molecule has 1 aliphatic rings. The van der Waals surface area contributed by atoms with E-state index in [-0.39, 0.29) is 5.91 Å². The second kappa shape index (κ2) is 9.27. The maximum Gasteiger partial charge on any atom is 0.250 e. The molecule has 5 heteroatoms. The summed E-state index contributed by atoms with van der Waals surface area (Å²) in [6.45, 7) is 9.34. The number of hydrogen-bond donors (Lipinski definition) is 0. The molecule has 4 rings (SSSR count). The number of carbonyl (C=O) groups excluding carboxylic acids is 1. The Balaban J connectivity index is 1.53. The number of aromatic nitrogens is 2. The maximum atomic E-state index is 13.2. The van der Waals surface area contributed by atoms with Crippen molar-refractivity contribution < 1.29 is 9.53 Å². The van der Waals surface area contributed by atoms with Crippen LogP contribution in [0.4, 0.5) is 0 Å². The van der Waals surface area contributed by atoms with Gasteiger partial charge in [0.25, 0.3) is 0 Å². The molecule has 5 nitrogen and oxygen atoms in total. The minimum Gasteiger partial charge on any atom is -0.495 e. The Hall–Kier alpha value is -3.60. The van der Waals surface area contributed by atoms with Crippen LogP contribution in [-0.4, -0.2) is 34.0 Å². The SMILES string of the molecule is C=C(C)c1ccc(CN2CCC/C(=C\c3ccc(-n4cnc(C)c4)c(OC)c3)C2=O)cc1. The highest BCUT2D eigenvalue weighted by Crippen LogP contribution is 2.28. The van der Waals surface area contributed by atoms with E-state index in [0.717, 1.165) is 64.4 Å². The molecule has 1 saturated heterocycles. The first-order valence-corrected chi connectivity index (χ1v) is 10.9. The number of aryl methyl sites for hydroxylation is 1. The first-order valence-electron chi connectivity index (χ1n) is 10.9. The second-order valence-corrected chi connectivity index (χ2v) is 8.33. The third-order valence-electron chi connectivity index (χ3n) is 5.79. The van der Waals surface area contributed by atoms with E-state index in [2.05, 4.69) is 35.8 Å². The predicted octanol–water partition coefficient (Wildman–Crippen LogP) is 5.43. The Bertz CT molecular complexity index is 1170. The summed E-state index contributed by atoms with van der Waals surface area (Å²) in [7, 11) is 1.66. The highest BCUT2D eigenvalue weighted by Gasteiger charge is 2.23. The standard InChI is InChI=1S/C27H29N3O2/c1-19(2)23-10-7-21(8-11-23)17-29-13-5-6-24(27(29)31)14-22-9-12-25(26(15-22)32-4)30-16-20(3)28-18-30/h7-12,14-16,18H,1,5-6,13,17H2,2-4H3/b24-14+. The summed E-state index contributed by atoms with van der Waals surface area (Å²) in [5.41, 5.74) is 6.96. The fraction of sp³-hybridized carbons (Fsp3) is 0.259. The molecule has 0 radical (unpaired) electrons. The molecule has 3 aromatic rings. The van der Waals surface area contributed by atoms with E-state index in [9.17, 15) is 4.79 Å². The van der Waals surface area contributed by atoms with Crippen LogP contribution >= 0.6 is 0 Å². The van der Waals surface area contributed by atoms with Crippen molar-refractivity contribution in [2.24, 2.45) is 0 Å². The number of allylic oxidation sites excluding steroid dienone is 1. The fourth-order valence-electron chi connectivity index (χ4n) is 4.02. The van der Waals surface area contributed by atoms with E-state index in [0.29, 0.717) is 6.54 Å². The van der Waals surface area contributed by atoms with Gasteiger partial charge in [-0.1, -0.05) is 42.5 Å². The average molecular weight is 428 g/mol. The van der Waals surface area contributed by atoms with Gasteiger partial charge in [-0.15, -0.1) is 0 Å². The molecule has 0 atom stereocenters. The van der Waals surface area contributed by atoms with Crippen LogP contribution in [0.5, 0.6) is 5.75 Å². The molecule has 0 unspecified atom stereocenters. The summed E-state index contributed by atoms with van der Waals surface area (Å²) in [6.07, 6.45) is 7.47. The number of ether oxygens (including phenoxy) is 1. The lowest BCUT2D eigenvalue weighted by atomic mass is 9.99. The average Bonchev–Trinajstić information content (AvgIpc) is 3.22. The van der Waals surface area contributed by atoms with Gasteiger partial charge in [-0.05, 0) is 61.6 Å². The molecule has 2 heterocycles. The van der Waals surface area contributed by atoms with Crippen LogP contribution in [0.1, 0.15) is 42.1 Å². The summed E-state index contributed by atoms with van der Waals surface area (Å²) in [6, 6.07) is 14.3. The minimum absolute atomic E-state index is 0.105. The van der Waals surface area contributed by atoms with Gasteiger partial charge in [-0.2, -0.15) is 0 Å². The largest absolute Gasteiger partial charge is 0.495 e. The van der Waals surface area contributed by atoms with Crippen molar-refractivity contribution in [3.63, 3.8) is 0 Å². The lowest BCUT2D eigenvalue weighted by Crippen LogP contribution is -2.36. The fourth-order valence-corrected chi connectivity index (χ4v) is 4.02. The molecule has 0 bridgehead atoms. The first-order chi connectivity index (χ1) is 15.4. The summed E-state index contributed by atoms with van der Waals surface area (Å²) in [5, 5.41) is 0. The smallest absolute Gasteiger partial charge is 0.250 e. The van der Waals surface area contributed by atoms with E-state index >= 15 is 0 Å². The summed E-state index contributed by atoms with van der Waals surface area (Å²) < 4.78 is 7.55. The molecule has 0 aliphatic carbocycles. The number of benzene rings is 2. The van der Waals surface area contributed by atoms with Crippen molar-refractivity contribution in [1.29, 1.82) is 0 Å². The Kier molecular flexibility index (Phi) is 6.26. The van der Waals surface area contributed by atoms with Crippen molar-refractivity contribution in [3.8, 4) is 11.4 Å². The lowest BCUT2D eigenvalue weighted by Gasteiger charge is -2.28. The zero-order valence-corrected chi connectivity index (χ0v) is 19.0. The zero-order valence-electron chi connectivity index (χ0n) is 19.0. The van der Waals surface area contributed by atoms with Crippen molar-refractivity contribution >= 4 is 17.6 Å². The summed E-state index contributed by atoms with van der Waals surface area (Å²) in [5.74, 6) is 0.850. The normalized spacial score (nSPS) is 15.3. The molecule has 1 amide bonds. The molecule has 0 saturated carbocycles. The number of hydrogen-bond acceptors (Lipinski definition) is 3. The third kappa shape index (κ3) is 4.67. The first kappa shape index (κ1) is 21.6. The molecule has 0 spiro atoms. The van der Waals surface area contributed by atoms with E-state index in [4.69, 9.17) is 4.74 Å². The van der Waals surface area contributed by atoms with Crippen molar-refractivity contribution in [2.75, 3.05) is 13.7 Å². The highest BCUT2D eigenvalue weighted by molar-refractivity contribution is 5.98. The van der Waals surface area contributed by atoms with Crippen LogP contribution < -0.4 is 4.74 Å². The van der Waals surface area contributed by atoms with E-state index in [1.807, 2.05) is 53.8 Å². The van der Waals surface area contributed by atoms with Crippen molar-refractivity contribution in [1.82, 2.24) is 14.5 Å². The number of imidazole rings is 1. The molecule has 164 valence electrons. The molecule has 0 N–H and O–H groups in total. The van der Waals surface area contributed by atoms with Crippen LogP contribution in [0, 0.1) is 6.92 Å². The third-order valence-corrected chi connectivity index (χ3v) is 5.79. The topological polar surface area (TPSA) is 47.4 Å². The number of likely N-dealkylation sites (tertiary alicyclic amines) is 1. The Morgan fingerprint density at radius 3 is 2.66 bits per heavy atom. The lowest BCUT2D eigenvalue weighted by molar-refractivity contribution is -0.129. The number of piperidine rings is 1. The van der Waals surface area contributed by atoms with Crippen LogP contribution in [0.25, 0.3) is 17.3 Å². The number of methoxy groups -OCH3 is 1. The molecule has 1 aliphatic heterocycles. The van der Waals surface area contributed by atoms with E-state index < -0.39 is 0 Å². The summed E-state index contributed by atoms with van der Waals surface area (Å²) >= 11 is 0. The Morgan fingerprint density at radius 2 is 2.00 bits per heavy atom. The summed E-state index contributed by atoms with van der Waals surface area (Å²) in [4.78, 5) is 19.4. The van der Waals surface area contributed by atoms with Crippen LogP contribution in [0.2, 0.25) is 0 Å². The van der Waals surface area contributed by atoms with Crippen molar-refractivity contribution in [3.05, 3.63) is 89.5 Å². The van der Waals surface area contributed by atoms with Gasteiger partial charge in [0, 0.05) is 24.9 Å². The van der Waals surface area contributed by atoms with E-state index in [1.54, 1.807) is 13.4 Å². The second-order valence-electron chi connectivity index (χ2n) is 8.33. The Labute approximate surface area is 189 Å². The van der Waals surface area contributed by atoms with Gasteiger partial charge in [0.1, 0.15) is 5.75 Å². The van der Waals surface area contributed by atoms with Gasteiger partial charge in [-0.3, -0.25) is 4.79 Å². The van der Waals surface area contributed by atoms with Gasteiger partial charge in [0.15, 0.2) is 0 Å². The minimum atomic E-state index is 0.105. The van der Waals surface area contributed by atoms with Crippen LogP contribution in [0.3, 0.4) is 0 Å². The molecule has 1 fully saturated rings. The molecule has 2 aromatic carbocycles. The van der Waals surface area contributed by atoms with E-state index in [1.165, 1.54) is 0 Å². The highest BCUT2D eigenvalue weighted by atomic mass is 16.5. The monoisotopic (exact) mass is 427 g/mol. The van der Waals surface area contributed by atoms with Gasteiger partial charge in [0.2, 0.25) is 5.91 Å². The molecular formula is C27H29N3O2. The zero-order chi connectivity index (χ0) is 22.7. The van der Waals surface area contributed by atoms with Crippen LogP contribution in [0.15, 0.2) is 67.1 Å². The molecule has 32 heavy (non-hydrogen) atoms. The number of nitrogens with zero attached hydrogens (tertiary/aromatic N) is 3. The molecular weight excluding hydrogens is 398 g/mol. The number of amides is 1. The Morgan fingerprint density at radius 1 is 1.22 bits per heavy atom. The maximum absolute atomic E-state index is 13.2. The number of rotatable bonds is 6.